The summed E-state index contributed by atoms with van der Waals surface area (Å²) in [5.74, 6) is 1.91. The molecule has 4 nitrogen and oxygen atoms in total. The van der Waals surface area contributed by atoms with Gasteiger partial charge in [-0.1, -0.05) is 37.5 Å². The number of hydrogen-bond acceptors (Lipinski definition) is 3. The van der Waals surface area contributed by atoms with Crippen LogP contribution < -0.4 is 9.47 Å². The van der Waals surface area contributed by atoms with Gasteiger partial charge in [0.2, 0.25) is 0 Å². The van der Waals surface area contributed by atoms with Gasteiger partial charge >= 0.3 is 0 Å². The van der Waals surface area contributed by atoms with Crippen LogP contribution in [-0.4, -0.2) is 37.1 Å². The fourth-order valence-corrected chi connectivity index (χ4v) is 3.19. The minimum Gasteiger partial charge on any atom is -0.490 e. The summed E-state index contributed by atoms with van der Waals surface area (Å²) in [4.78, 5) is 14.4. The van der Waals surface area contributed by atoms with E-state index in [9.17, 15) is 4.79 Å². The van der Waals surface area contributed by atoms with Crippen LogP contribution in [-0.2, 0) is 4.79 Å². The van der Waals surface area contributed by atoms with Crippen molar-refractivity contribution in [3.63, 3.8) is 0 Å². The fourth-order valence-electron chi connectivity index (χ4n) is 3.19. The number of hydrogen-bond donors (Lipinski definition) is 0. The van der Waals surface area contributed by atoms with Gasteiger partial charge in [0.1, 0.15) is 0 Å². The second-order valence-electron chi connectivity index (χ2n) is 6.26. The molecule has 0 heterocycles. The Bertz CT molecular complexity index is 523. The van der Waals surface area contributed by atoms with Gasteiger partial charge < -0.3 is 14.4 Å². The summed E-state index contributed by atoms with van der Waals surface area (Å²) in [6.45, 7) is 7.69. The molecule has 0 aliphatic heterocycles. The van der Waals surface area contributed by atoms with Crippen LogP contribution in [0.15, 0.2) is 36.9 Å². The van der Waals surface area contributed by atoms with Crippen molar-refractivity contribution in [2.24, 2.45) is 5.92 Å². The summed E-state index contributed by atoms with van der Waals surface area (Å²) in [6.07, 6.45) is 8.10. The van der Waals surface area contributed by atoms with Gasteiger partial charge in [-0.3, -0.25) is 4.79 Å². The van der Waals surface area contributed by atoms with Crippen molar-refractivity contribution < 1.29 is 14.3 Å². The molecule has 0 bridgehead atoms. The molecule has 1 aromatic rings. The van der Waals surface area contributed by atoms with Crippen molar-refractivity contribution in [3.8, 4) is 11.5 Å². The first-order valence-electron chi connectivity index (χ1n) is 8.98. The Morgan fingerprint density at radius 1 is 1.21 bits per heavy atom. The lowest BCUT2D eigenvalue weighted by atomic mass is 9.89. The first-order valence-corrected chi connectivity index (χ1v) is 8.98. The number of rotatable bonds is 9. The lowest BCUT2D eigenvalue weighted by molar-refractivity contribution is -0.133. The van der Waals surface area contributed by atoms with Crippen LogP contribution in [0.2, 0.25) is 0 Å². The van der Waals surface area contributed by atoms with Crippen molar-refractivity contribution in [2.45, 2.75) is 39.0 Å². The molecule has 1 saturated carbocycles. The van der Waals surface area contributed by atoms with Crippen LogP contribution in [0, 0.1) is 5.92 Å². The highest BCUT2D eigenvalue weighted by molar-refractivity contribution is 5.78. The van der Waals surface area contributed by atoms with Crippen LogP contribution in [0.3, 0.4) is 0 Å². The van der Waals surface area contributed by atoms with E-state index in [2.05, 4.69) is 6.58 Å². The maximum atomic E-state index is 12.6. The lowest BCUT2D eigenvalue weighted by Crippen LogP contribution is -2.39. The zero-order valence-electron chi connectivity index (χ0n) is 14.7. The van der Waals surface area contributed by atoms with E-state index in [0.717, 1.165) is 6.54 Å². The first-order chi connectivity index (χ1) is 11.7. The van der Waals surface area contributed by atoms with E-state index in [-0.39, 0.29) is 12.5 Å². The van der Waals surface area contributed by atoms with E-state index in [1.807, 2.05) is 36.1 Å². The number of para-hydroxylation sites is 2. The molecular weight excluding hydrogens is 302 g/mol. The number of nitrogens with zero attached hydrogens (tertiary/aromatic N) is 1. The van der Waals surface area contributed by atoms with Crippen LogP contribution in [0.1, 0.15) is 39.0 Å². The molecule has 1 amide bonds. The Hall–Kier alpha value is -1.97. The van der Waals surface area contributed by atoms with Crippen LogP contribution in [0.4, 0.5) is 0 Å². The third kappa shape index (κ3) is 5.59. The monoisotopic (exact) mass is 331 g/mol. The molecule has 0 radical (unpaired) electrons. The number of carbonyl (C=O) groups excluding carboxylic acids is 1. The summed E-state index contributed by atoms with van der Waals surface area (Å²) in [7, 11) is 0. The van der Waals surface area contributed by atoms with Gasteiger partial charge in [-0.25, -0.2) is 0 Å². The molecular formula is C20H29NO3. The number of benzene rings is 1. The molecule has 0 atom stereocenters. The highest BCUT2D eigenvalue weighted by atomic mass is 16.5. The highest BCUT2D eigenvalue weighted by Gasteiger charge is 2.20. The van der Waals surface area contributed by atoms with Crippen LogP contribution in [0.25, 0.3) is 0 Å². The molecule has 0 unspecified atom stereocenters. The average molecular weight is 331 g/mol. The van der Waals surface area contributed by atoms with Gasteiger partial charge in [-0.2, -0.15) is 0 Å². The smallest absolute Gasteiger partial charge is 0.260 e. The Balaban J connectivity index is 1.91. The van der Waals surface area contributed by atoms with Crippen molar-refractivity contribution in [3.05, 3.63) is 36.9 Å². The quantitative estimate of drug-likeness (QED) is 0.641. The molecule has 0 saturated heterocycles. The summed E-state index contributed by atoms with van der Waals surface area (Å²) >= 11 is 0. The number of amides is 1. The molecule has 132 valence electrons. The molecule has 1 aliphatic carbocycles. The molecule has 1 fully saturated rings. The minimum absolute atomic E-state index is 0.00627. The van der Waals surface area contributed by atoms with Crippen LogP contribution in [0.5, 0.6) is 11.5 Å². The molecule has 1 aromatic carbocycles. The SMILES string of the molecule is C=CCN(CC1CCCCC1)C(=O)COc1ccccc1OCC. The molecule has 0 N–H and O–H groups in total. The van der Waals surface area contributed by atoms with E-state index in [4.69, 9.17) is 9.47 Å². The fraction of sp³-hybridized carbons (Fsp3) is 0.550. The zero-order valence-corrected chi connectivity index (χ0v) is 14.7. The number of ether oxygens (including phenoxy) is 2. The maximum Gasteiger partial charge on any atom is 0.260 e. The van der Waals surface area contributed by atoms with Gasteiger partial charge in [0.25, 0.3) is 5.91 Å². The summed E-state index contributed by atoms with van der Waals surface area (Å²) in [5.41, 5.74) is 0. The van der Waals surface area contributed by atoms with E-state index in [1.165, 1.54) is 32.1 Å². The van der Waals surface area contributed by atoms with Gasteiger partial charge in [0.05, 0.1) is 6.61 Å². The van der Waals surface area contributed by atoms with Crippen LogP contribution >= 0.6 is 0 Å². The second-order valence-corrected chi connectivity index (χ2v) is 6.26. The van der Waals surface area contributed by atoms with E-state index in [0.29, 0.717) is 30.6 Å². The summed E-state index contributed by atoms with van der Waals surface area (Å²) in [5, 5.41) is 0. The summed E-state index contributed by atoms with van der Waals surface area (Å²) < 4.78 is 11.3. The van der Waals surface area contributed by atoms with Crippen molar-refractivity contribution >= 4 is 5.91 Å². The standard InChI is InChI=1S/C20H29NO3/c1-3-14-21(15-17-10-6-5-7-11-17)20(22)16-24-19-13-9-8-12-18(19)23-4-2/h3,8-9,12-13,17H,1,4-7,10-11,14-16H2,2H3. The Morgan fingerprint density at radius 3 is 2.50 bits per heavy atom. The molecule has 2 rings (SSSR count). The third-order valence-corrected chi connectivity index (χ3v) is 4.41. The highest BCUT2D eigenvalue weighted by Crippen LogP contribution is 2.27. The second kappa shape index (κ2) is 10.0. The molecule has 0 aromatic heterocycles. The topological polar surface area (TPSA) is 38.8 Å². The van der Waals surface area contributed by atoms with Gasteiger partial charge in [-0.05, 0) is 37.8 Å². The molecule has 0 spiro atoms. The van der Waals surface area contributed by atoms with E-state index < -0.39 is 0 Å². The summed E-state index contributed by atoms with van der Waals surface area (Å²) in [6, 6.07) is 7.46. The predicted molar refractivity (Wildman–Crippen MR) is 96.5 cm³/mol. The van der Waals surface area contributed by atoms with E-state index in [1.54, 1.807) is 6.08 Å². The maximum absolute atomic E-state index is 12.6. The third-order valence-electron chi connectivity index (χ3n) is 4.41. The minimum atomic E-state index is 0.00627. The average Bonchev–Trinajstić information content (AvgIpc) is 2.61. The normalized spacial score (nSPS) is 14.9. The zero-order chi connectivity index (χ0) is 17.2. The number of carbonyl (C=O) groups is 1. The van der Waals surface area contributed by atoms with Crippen molar-refractivity contribution in [1.82, 2.24) is 4.90 Å². The lowest BCUT2D eigenvalue weighted by Gasteiger charge is -2.29. The predicted octanol–water partition coefficient (Wildman–Crippen LogP) is 4.06. The molecule has 24 heavy (non-hydrogen) atoms. The van der Waals surface area contributed by atoms with Gasteiger partial charge in [0, 0.05) is 13.1 Å². The van der Waals surface area contributed by atoms with Gasteiger partial charge in [-0.15, -0.1) is 6.58 Å². The Morgan fingerprint density at radius 2 is 1.88 bits per heavy atom. The first kappa shape index (κ1) is 18.4. The Kier molecular flexibility index (Phi) is 7.66. The van der Waals surface area contributed by atoms with E-state index >= 15 is 0 Å². The molecule has 1 aliphatic rings. The van der Waals surface area contributed by atoms with Crippen molar-refractivity contribution in [1.29, 1.82) is 0 Å². The Labute approximate surface area is 145 Å². The molecule has 4 heteroatoms. The largest absolute Gasteiger partial charge is 0.490 e. The van der Waals surface area contributed by atoms with Crippen molar-refractivity contribution in [2.75, 3.05) is 26.3 Å². The van der Waals surface area contributed by atoms with Gasteiger partial charge in [0.15, 0.2) is 18.1 Å².